The second-order valence-electron chi connectivity index (χ2n) is 7.42. The van der Waals surface area contributed by atoms with Crippen LogP contribution < -0.4 is 5.32 Å². The van der Waals surface area contributed by atoms with E-state index in [1.165, 1.54) is 24.5 Å². The molecule has 0 radical (unpaired) electrons. The lowest BCUT2D eigenvalue weighted by atomic mass is 10.1. The Morgan fingerprint density at radius 2 is 2.07 bits per heavy atom. The number of amides is 1. The summed E-state index contributed by atoms with van der Waals surface area (Å²) in [5.74, 6) is -0.736. The minimum absolute atomic E-state index is 0.0568. The minimum Gasteiger partial charge on any atom is -0.380 e. The summed E-state index contributed by atoms with van der Waals surface area (Å²) in [6, 6.07) is 4.09. The third kappa shape index (κ3) is 3.68. The minimum atomic E-state index is -3.20. The van der Waals surface area contributed by atoms with Crippen LogP contribution in [0.25, 0.3) is 10.1 Å². The summed E-state index contributed by atoms with van der Waals surface area (Å²) in [6.45, 7) is 1.83. The standard InChI is InChI=1S/C19H23FN2O4S2/c1-26-9-12-17-13(20)5-4-6-16(17)27-18(12)19(23)21-14-10-28(24,25)11-15(14)22-7-2-3-8-22/h4-6,14-15H,2-3,7-11H2,1H3,(H,21,23). The second-order valence-corrected chi connectivity index (χ2v) is 10.6. The summed E-state index contributed by atoms with van der Waals surface area (Å²) in [7, 11) is -1.70. The molecule has 2 aliphatic heterocycles. The number of hydrogen-bond acceptors (Lipinski definition) is 6. The van der Waals surface area contributed by atoms with E-state index in [9.17, 15) is 17.6 Å². The average molecular weight is 427 g/mol. The first-order chi connectivity index (χ1) is 13.4. The van der Waals surface area contributed by atoms with Gasteiger partial charge in [0.25, 0.3) is 5.91 Å². The molecule has 2 aromatic rings. The molecule has 0 bridgehead atoms. The van der Waals surface area contributed by atoms with Gasteiger partial charge in [-0.15, -0.1) is 11.3 Å². The van der Waals surface area contributed by atoms with Crippen molar-refractivity contribution in [3.63, 3.8) is 0 Å². The summed E-state index contributed by atoms with van der Waals surface area (Å²) in [5.41, 5.74) is 0.511. The number of nitrogens with one attached hydrogen (secondary N) is 1. The molecule has 0 saturated carbocycles. The monoisotopic (exact) mass is 426 g/mol. The van der Waals surface area contributed by atoms with E-state index in [0.29, 0.717) is 20.5 Å². The molecule has 28 heavy (non-hydrogen) atoms. The molecule has 0 spiro atoms. The molecule has 9 heteroatoms. The van der Waals surface area contributed by atoms with E-state index in [4.69, 9.17) is 4.74 Å². The highest BCUT2D eigenvalue weighted by Gasteiger charge is 2.42. The van der Waals surface area contributed by atoms with Gasteiger partial charge in [0.05, 0.1) is 29.0 Å². The zero-order valence-corrected chi connectivity index (χ0v) is 17.2. The van der Waals surface area contributed by atoms with Crippen LogP contribution in [0.4, 0.5) is 4.39 Å². The van der Waals surface area contributed by atoms with Crippen LogP contribution in [0.2, 0.25) is 0 Å². The third-order valence-electron chi connectivity index (χ3n) is 5.51. The Kier molecular flexibility index (Phi) is 5.43. The lowest BCUT2D eigenvalue weighted by Gasteiger charge is -2.28. The number of methoxy groups -OCH3 is 1. The highest BCUT2D eigenvalue weighted by atomic mass is 32.2. The van der Waals surface area contributed by atoms with Crippen LogP contribution >= 0.6 is 11.3 Å². The second kappa shape index (κ2) is 7.70. The molecular weight excluding hydrogens is 403 g/mol. The van der Waals surface area contributed by atoms with Crippen LogP contribution in [0.3, 0.4) is 0 Å². The molecule has 6 nitrogen and oxygen atoms in total. The molecule has 1 aromatic carbocycles. The van der Waals surface area contributed by atoms with Crippen molar-refractivity contribution in [1.82, 2.24) is 10.2 Å². The van der Waals surface area contributed by atoms with Gasteiger partial charge in [0.2, 0.25) is 0 Å². The van der Waals surface area contributed by atoms with Gasteiger partial charge in [-0.2, -0.15) is 0 Å². The lowest BCUT2D eigenvalue weighted by molar-refractivity contribution is 0.0918. The number of thiophene rings is 1. The first kappa shape index (κ1) is 19.8. The Morgan fingerprint density at radius 3 is 2.79 bits per heavy atom. The lowest BCUT2D eigenvalue weighted by Crippen LogP contribution is -2.50. The number of carbonyl (C=O) groups is 1. The smallest absolute Gasteiger partial charge is 0.262 e. The van der Waals surface area contributed by atoms with Crippen molar-refractivity contribution in [2.75, 3.05) is 31.7 Å². The Balaban J connectivity index is 1.64. The van der Waals surface area contributed by atoms with Crippen LogP contribution in [-0.2, 0) is 21.2 Å². The maximum atomic E-state index is 14.4. The van der Waals surface area contributed by atoms with Gasteiger partial charge in [-0.3, -0.25) is 9.69 Å². The number of rotatable bonds is 5. The van der Waals surface area contributed by atoms with E-state index in [1.54, 1.807) is 12.1 Å². The molecular formula is C19H23FN2O4S2. The maximum Gasteiger partial charge on any atom is 0.262 e. The van der Waals surface area contributed by atoms with Crippen molar-refractivity contribution in [1.29, 1.82) is 0 Å². The van der Waals surface area contributed by atoms with Crippen molar-refractivity contribution < 1.29 is 22.3 Å². The quantitative estimate of drug-likeness (QED) is 0.793. The van der Waals surface area contributed by atoms with Gasteiger partial charge in [-0.1, -0.05) is 6.07 Å². The van der Waals surface area contributed by atoms with Crippen LogP contribution in [0.1, 0.15) is 28.1 Å². The maximum absolute atomic E-state index is 14.4. The molecule has 2 fully saturated rings. The molecule has 2 saturated heterocycles. The summed E-state index contributed by atoms with van der Waals surface area (Å²) < 4.78 is 44.7. The van der Waals surface area contributed by atoms with E-state index < -0.39 is 21.7 Å². The molecule has 4 rings (SSSR count). The number of halogens is 1. The normalized spacial score (nSPS) is 24.8. The van der Waals surface area contributed by atoms with E-state index >= 15 is 0 Å². The van der Waals surface area contributed by atoms with Gasteiger partial charge in [0, 0.05) is 28.8 Å². The third-order valence-corrected chi connectivity index (χ3v) is 8.42. The molecule has 2 unspecified atom stereocenters. The Bertz CT molecular complexity index is 999. The van der Waals surface area contributed by atoms with E-state index in [-0.39, 0.29) is 30.1 Å². The van der Waals surface area contributed by atoms with Gasteiger partial charge in [0.1, 0.15) is 5.82 Å². The highest BCUT2D eigenvalue weighted by Crippen LogP contribution is 2.34. The van der Waals surface area contributed by atoms with Crippen LogP contribution in [0.15, 0.2) is 18.2 Å². The Labute approximate surface area is 167 Å². The average Bonchev–Trinajstić information content (AvgIpc) is 3.33. The van der Waals surface area contributed by atoms with Crippen LogP contribution in [-0.4, -0.2) is 63.0 Å². The number of sulfone groups is 1. The first-order valence-corrected chi connectivity index (χ1v) is 12.0. The zero-order valence-electron chi connectivity index (χ0n) is 15.6. The van der Waals surface area contributed by atoms with Gasteiger partial charge < -0.3 is 10.1 Å². The van der Waals surface area contributed by atoms with Crippen molar-refractivity contribution in [2.24, 2.45) is 0 Å². The summed E-state index contributed by atoms with van der Waals surface area (Å²) in [4.78, 5) is 15.6. The summed E-state index contributed by atoms with van der Waals surface area (Å²) in [5, 5.41) is 3.33. The number of likely N-dealkylation sites (tertiary alicyclic amines) is 1. The number of nitrogens with zero attached hydrogens (tertiary/aromatic N) is 1. The van der Waals surface area contributed by atoms with Crippen molar-refractivity contribution in [3.05, 3.63) is 34.5 Å². The fourth-order valence-corrected chi connectivity index (χ4v) is 7.34. The molecule has 1 amide bonds. The Morgan fingerprint density at radius 1 is 1.32 bits per heavy atom. The SMILES string of the molecule is COCc1c(C(=O)NC2CS(=O)(=O)CC2N2CCCC2)sc2cccc(F)c12. The van der Waals surface area contributed by atoms with Crippen molar-refractivity contribution in [2.45, 2.75) is 31.5 Å². The predicted octanol–water partition coefficient (Wildman–Crippen LogP) is 2.18. The molecule has 2 aliphatic rings. The molecule has 2 atom stereocenters. The number of benzene rings is 1. The van der Waals surface area contributed by atoms with E-state index in [1.807, 2.05) is 0 Å². The van der Waals surface area contributed by atoms with E-state index in [0.717, 1.165) is 25.9 Å². The number of carbonyl (C=O) groups excluding carboxylic acids is 1. The van der Waals surface area contributed by atoms with Gasteiger partial charge in [0.15, 0.2) is 9.84 Å². The zero-order chi connectivity index (χ0) is 19.9. The molecule has 1 N–H and O–H groups in total. The van der Waals surface area contributed by atoms with Crippen LogP contribution in [0, 0.1) is 5.82 Å². The van der Waals surface area contributed by atoms with Gasteiger partial charge in [-0.25, -0.2) is 12.8 Å². The summed E-state index contributed by atoms with van der Waals surface area (Å²) in [6.07, 6.45) is 2.09. The predicted molar refractivity (Wildman–Crippen MR) is 107 cm³/mol. The van der Waals surface area contributed by atoms with E-state index in [2.05, 4.69) is 10.2 Å². The fourth-order valence-electron chi connectivity index (χ4n) is 4.27. The Hall–Kier alpha value is -1.55. The number of fused-ring (bicyclic) bond motifs is 1. The largest absolute Gasteiger partial charge is 0.380 e. The first-order valence-electron chi connectivity index (χ1n) is 9.34. The molecule has 3 heterocycles. The number of hydrogen-bond donors (Lipinski definition) is 1. The van der Waals surface area contributed by atoms with Gasteiger partial charge >= 0.3 is 0 Å². The molecule has 152 valence electrons. The topological polar surface area (TPSA) is 75.7 Å². The summed E-state index contributed by atoms with van der Waals surface area (Å²) >= 11 is 1.21. The molecule has 0 aliphatic carbocycles. The fraction of sp³-hybridized carbons (Fsp3) is 0.526. The number of ether oxygens (including phenoxy) is 1. The van der Waals surface area contributed by atoms with Gasteiger partial charge in [-0.05, 0) is 38.1 Å². The highest BCUT2D eigenvalue weighted by molar-refractivity contribution is 7.91. The van der Waals surface area contributed by atoms with Crippen LogP contribution in [0.5, 0.6) is 0 Å². The van der Waals surface area contributed by atoms with Crippen molar-refractivity contribution in [3.8, 4) is 0 Å². The van der Waals surface area contributed by atoms with Crippen molar-refractivity contribution >= 4 is 37.2 Å². The molecule has 1 aromatic heterocycles.